The average Bonchev–Trinajstić information content (AvgIpc) is 2.66. The average molecular weight is 288 g/mol. The van der Waals surface area contributed by atoms with E-state index in [2.05, 4.69) is 20.2 Å². The number of nitrogens with one attached hydrogen (secondary N) is 3. The van der Waals surface area contributed by atoms with Gasteiger partial charge in [0.1, 0.15) is 4.90 Å². The molecule has 0 unspecified atom stereocenters. The molecule has 3 N–H and O–H groups in total. The molecule has 0 bridgehead atoms. The number of aryl methyl sites for hydroxylation is 2. The second-order valence-corrected chi connectivity index (χ2v) is 6.75. The largest absolute Gasteiger partial charge is 0.359 e. The van der Waals surface area contributed by atoms with Crippen LogP contribution in [0.1, 0.15) is 25.2 Å². The molecule has 1 rings (SSSR count). The molecule has 19 heavy (non-hydrogen) atoms. The first kappa shape index (κ1) is 15.6. The van der Waals surface area contributed by atoms with Gasteiger partial charge in [-0.3, -0.25) is 9.89 Å². The van der Waals surface area contributed by atoms with Gasteiger partial charge in [0, 0.05) is 13.6 Å². The summed E-state index contributed by atoms with van der Waals surface area (Å²) in [5.41, 5.74) is 0.0541. The van der Waals surface area contributed by atoms with Crippen molar-refractivity contribution in [3.8, 4) is 0 Å². The lowest BCUT2D eigenvalue weighted by Crippen LogP contribution is -2.43. The van der Waals surface area contributed by atoms with Crippen LogP contribution in [-0.2, 0) is 14.8 Å². The summed E-state index contributed by atoms with van der Waals surface area (Å²) in [5.74, 6) is -0.226. The summed E-state index contributed by atoms with van der Waals surface area (Å²) in [6.45, 7) is 6.60. The molecule has 8 heteroatoms. The number of amides is 1. The summed E-state index contributed by atoms with van der Waals surface area (Å²) in [4.78, 5) is 11.7. The number of aromatic nitrogens is 2. The Balaban J connectivity index is 2.92. The molecule has 1 amide bonds. The van der Waals surface area contributed by atoms with Gasteiger partial charge in [0.25, 0.3) is 0 Å². The maximum atomic E-state index is 12.2. The normalized spacial score (nSPS) is 12.5. The van der Waals surface area contributed by atoms with Crippen molar-refractivity contribution in [2.75, 3.05) is 13.6 Å². The number of nitrogens with zero attached hydrogens (tertiary/aromatic N) is 1. The molecule has 0 spiro atoms. The monoisotopic (exact) mass is 288 g/mol. The van der Waals surface area contributed by atoms with Crippen LogP contribution in [0.5, 0.6) is 0 Å². The Labute approximate surface area is 113 Å². The molecule has 1 aromatic heterocycles. The first-order chi connectivity index (χ1) is 8.62. The smallest absolute Gasteiger partial charge is 0.244 e. The Morgan fingerprint density at radius 2 is 1.95 bits per heavy atom. The maximum absolute atomic E-state index is 12.2. The van der Waals surface area contributed by atoms with Gasteiger partial charge in [-0.2, -0.15) is 5.10 Å². The lowest BCUT2D eigenvalue weighted by molar-refractivity contribution is -0.128. The van der Waals surface area contributed by atoms with E-state index in [-0.39, 0.29) is 17.3 Å². The minimum Gasteiger partial charge on any atom is -0.359 e. The molecule has 0 aliphatic heterocycles. The molecular weight excluding hydrogens is 268 g/mol. The highest BCUT2D eigenvalue weighted by Gasteiger charge is 2.30. The molecule has 1 aromatic rings. The van der Waals surface area contributed by atoms with Crippen LogP contribution in [0.3, 0.4) is 0 Å². The summed E-state index contributed by atoms with van der Waals surface area (Å²) in [7, 11) is -2.16. The van der Waals surface area contributed by atoms with E-state index in [1.54, 1.807) is 27.7 Å². The Morgan fingerprint density at radius 1 is 1.37 bits per heavy atom. The molecule has 0 atom stereocenters. The van der Waals surface area contributed by atoms with Gasteiger partial charge in [-0.15, -0.1) is 0 Å². The number of sulfonamides is 1. The summed E-state index contributed by atoms with van der Waals surface area (Å²) in [6.07, 6.45) is 0. The van der Waals surface area contributed by atoms with Crippen LogP contribution >= 0.6 is 0 Å². The fraction of sp³-hybridized carbons (Fsp3) is 0.636. The SMILES string of the molecule is CNC(=O)C(C)(C)CNS(=O)(=O)c1c(C)n[nH]c1C. The van der Waals surface area contributed by atoms with Crippen LogP contribution < -0.4 is 10.0 Å². The van der Waals surface area contributed by atoms with Gasteiger partial charge in [-0.1, -0.05) is 0 Å². The molecule has 0 aliphatic rings. The van der Waals surface area contributed by atoms with Crippen LogP contribution in [0.4, 0.5) is 0 Å². The topological polar surface area (TPSA) is 104 Å². The van der Waals surface area contributed by atoms with Gasteiger partial charge in [0.2, 0.25) is 15.9 Å². The standard InChI is InChI=1S/C11H20N4O3S/c1-7-9(8(2)15-14-7)19(17,18)13-6-11(3,4)10(16)12-5/h13H,6H2,1-5H3,(H,12,16)(H,14,15). The molecular formula is C11H20N4O3S. The number of hydrogen-bond acceptors (Lipinski definition) is 4. The number of aromatic amines is 1. The lowest BCUT2D eigenvalue weighted by atomic mass is 9.93. The fourth-order valence-corrected chi connectivity index (χ4v) is 3.28. The molecule has 0 aromatic carbocycles. The zero-order chi connectivity index (χ0) is 14.8. The van der Waals surface area contributed by atoms with Crippen LogP contribution in [0, 0.1) is 19.3 Å². The van der Waals surface area contributed by atoms with Gasteiger partial charge in [0.15, 0.2) is 0 Å². The molecule has 0 fully saturated rings. The quantitative estimate of drug-likeness (QED) is 0.713. The van der Waals surface area contributed by atoms with Gasteiger partial charge in [0.05, 0.1) is 16.8 Å². The van der Waals surface area contributed by atoms with E-state index in [0.29, 0.717) is 11.4 Å². The Hall–Kier alpha value is -1.41. The molecule has 108 valence electrons. The van der Waals surface area contributed by atoms with Crippen LogP contribution in [0.2, 0.25) is 0 Å². The highest BCUT2D eigenvalue weighted by atomic mass is 32.2. The van der Waals surface area contributed by atoms with E-state index in [9.17, 15) is 13.2 Å². The van der Waals surface area contributed by atoms with Gasteiger partial charge >= 0.3 is 0 Å². The second kappa shape index (κ2) is 5.30. The molecule has 0 saturated heterocycles. The van der Waals surface area contributed by atoms with Crippen molar-refractivity contribution < 1.29 is 13.2 Å². The van der Waals surface area contributed by atoms with E-state index in [1.807, 2.05) is 0 Å². The highest BCUT2D eigenvalue weighted by Crippen LogP contribution is 2.19. The number of carbonyl (C=O) groups is 1. The number of H-pyrrole nitrogens is 1. The third-order valence-corrected chi connectivity index (χ3v) is 4.54. The first-order valence-corrected chi connectivity index (χ1v) is 7.33. The van der Waals surface area contributed by atoms with E-state index in [1.165, 1.54) is 7.05 Å². The van der Waals surface area contributed by atoms with Gasteiger partial charge in [-0.05, 0) is 27.7 Å². The zero-order valence-corrected chi connectivity index (χ0v) is 12.6. The van der Waals surface area contributed by atoms with Crippen LogP contribution in [0.15, 0.2) is 4.90 Å². The van der Waals surface area contributed by atoms with Crippen molar-refractivity contribution >= 4 is 15.9 Å². The van der Waals surface area contributed by atoms with Crippen molar-refractivity contribution in [3.63, 3.8) is 0 Å². The third-order valence-electron chi connectivity index (χ3n) is 2.88. The van der Waals surface area contributed by atoms with Gasteiger partial charge in [-0.25, -0.2) is 13.1 Å². The number of carbonyl (C=O) groups excluding carboxylic acids is 1. The summed E-state index contributed by atoms with van der Waals surface area (Å²) in [6, 6.07) is 0. The number of hydrogen-bond donors (Lipinski definition) is 3. The Kier molecular flexibility index (Phi) is 4.36. The summed E-state index contributed by atoms with van der Waals surface area (Å²) >= 11 is 0. The molecule has 7 nitrogen and oxygen atoms in total. The van der Waals surface area contributed by atoms with E-state index in [0.717, 1.165) is 0 Å². The molecule has 0 radical (unpaired) electrons. The van der Waals surface area contributed by atoms with Crippen molar-refractivity contribution in [3.05, 3.63) is 11.4 Å². The fourth-order valence-electron chi connectivity index (χ4n) is 1.70. The van der Waals surface area contributed by atoms with Crippen molar-refractivity contribution in [2.24, 2.45) is 5.41 Å². The number of rotatable bonds is 5. The predicted octanol–water partition coefficient (Wildman–Crippen LogP) is 0.0770. The van der Waals surface area contributed by atoms with Crippen molar-refractivity contribution in [1.82, 2.24) is 20.2 Å². The van der Waals surface area contributed by atoms with E-state index < -0.39 is 15.4 Å². The Morgan fingerprint density at radius 3 is 2.37 bits per heavy atom. The van der Waals surface area contributed by atoms with Crippen LogP contribution in [-0.4, -0.2) is 38.1 Å². The van der Waals surface area contributed by atoms with E-state index in [4.69, 9.17) is 0 Å². The van der Waals surface area contributed by atoms with Gasteiger partial charge < -0.3 is 5.32 Å². The third kappa shape index (κ3) is 3.32. The maximum Gasteiger partial charge on any atom is 0.244 e. The summed E-state index contributed by atoms with van der Waals surface area (Å²) < 4.78 is 26.8. The first-order valence-electron chi connectivity index (χ1n) is 5.85. The second-order valence-electron chi connectivity index (χ2n) is 5.05. The molecule has 0 saturated carbocycles. The van der Waals surface area contributed by atoms with E-state index >= 15 is 0 Å². The summed E-state index contributed by atoms with van der Waals surface area (Å²) in [5, 5.41) is 8.99. The lowest BCUT2D eigenvalue weighted by Gasteiger charge is -2.22. The Bertz CT molecular complexity index is 555. The zero-order valence-electron chi connectivity index (χ0n) is 11.8. The van der Waals surface area contributed by atoms with Crippen LogP contribution in [0.25, 0.3) is 0 Å². The van der Waals surface area contributed by atoms with Crippen molar-refractivity contribution in [2.45, 2.75) is 32.6 Å². The predicted molar refractivity (Wildman–Crippen MR) is 71.1 cm³/mol. The molecule has 1 heterocycles. The van der Waals surface area contributed by atoms with Crippen molar-refractivity contribution in [1.29, 1.82) is 0 Å². The molecule has 0 aliphatic carbocycles. The highest BCUT2D eigenvalue weighted by molar-refractivity contribution is 7.89. The minimum absolute atomic E-state index is 0.0130. The minimum atomic E-state index is -3.68.